The second-order valence-corrected chi connectivity index (χ2v) is 6.96. The lowest BCUT2D eigenvalue weighted by atomic mass is 9.71. The summed E-state index contributed by atoms with van der Waals surface area (Å²) in [6, 6.07) is 0. The van der Waals surface area contributed by atoms with Gasteiger partial charge in [0.2, 0.25) is 0 Å². The minimum Gasteiger partial charge on any atom is -0.316 e. The predicted octanol–water partition coefficient (Wildman–Crippen LogP) is 4.57. The molecule has 0 aromatic heterocycles. The van der Waals surface area contributed by atoms with Gasteiger partial charge in [0.1, 0.15) is 0 Å². The molecule has 3 atom stereocenters. The van der Waals surface area contributed by atoms with Crippen molar-refractivity contribution in [3.8, 4) is 0 Å². The van der Waals surface area contributed by atoms with Crippen molar-refractivity contribution in [2.24, 2.45) is 17.8 Å². The molecule has 1 nitrogen and oxygen atoms in total. The normalized spacial score (nSPS) is 28.5. The summed E-state index contributed by atoms with van der Waals surface area (Å²) in [7, 11) is 0. The first-order valence-corrected chi connectivity index (χ1v) is 9.40. The molecule has 0 radical (unpaired) electrons. The van der Waals surface area contributed by atoms with Gasteiger partial charge in [-0.1, -0.05) is 33.1 Å². The Morgan fingerprint density at radius 1 is 1.06 bits per heavy atom. The van der Waals surface area contributed by atoms with Crippen LogP contribution in [0.1, 0.15) is 58.8 Å². The van der Waals surface area contributed by atoms with Crippen LogP contribution in [0, 0.1) is 17.8 Å². The molecule has 1 aliphatic rings. The lowest BCUT2D eigenvalue weighted by Gasteiger charge is -2.36. The van der Waals surface area contributed by atoms with Crippen LogP contribution in [0.2, 0.25) is 0 Å². The SMILES string of the molecule is CCCNCC1CCC(CCC)CC1CCSC. The van der Waals surface area contributed by atoms with Gasteiger partial charge in [0.05, 0.1) is 0 Å². The Morgan fingerprint density at radius 2 is 1.89 bits per heavy atom. The molecule has 1 fully saturated rings. The summed E-state index contributed by atoms with van der Waals surface area (Å²) >= 11 is 2.02. The number of nitrogens with one attached hydrogen (secondary N) is 1. The molecule has 0 amide bonds. The van der Waals surface area contributed by atoms with Crippen LogP contribution in [0.5, 0.6) is 0 Å². The molecule has 0 aromatic carbocycles. The molecule has 0 aliphatic heterocycles. The zero-order valence-corrected chi connectivity index (χ0v) is 13.5. The first kappa shape index (κ1) is 16.4. The van der Waals surface area contributed by atoms with E-state index in [2.05, 4.69) is 25.4 Å². The van der Waals surface area contributed by atoms with Crippen molar-refractivity contribution in [1.29, 1.82) is 0 Å². The summed E-state index contributed by atoms with van der Waals surface area (Å²) < 4.78 is 0. The van der Waals surface area contributed by atoms with Gasteiger partial charge in [0.15, 0.2) is 0 Å². The fraction of sp³-hybridized carbons (Fsp3) is 1.00. The van der Waals surface area contributed by atoms with Crippen LogP contribution < -0.4 is 5.32 Å². The molecule has 0 bridgehead atoms. The van der Waals surface area contributed by atoms with Crippen molar-refractivity contribution < 1.29 is 0 Å². The molecule has 1 N–H and O–H groups in total. The van der Waals surface area contributed by atoms with Crippen LogP contribution in [0.25, 0.3) is 0 Å². The standard InChI is InChI=1S/C16H33NS/c1-4-6-14-7-8-16(13-17-10-5-2)15(12-14)9-11-18-3/h14-17H,4-13H2,1-3H3. The third kappa shape index (κ3) is 5.97. The van der Waals surface area contributed by atoms with Gasteiger partial charge in [0.25, 0.3) is 0 Å². The Kier molecular flexibility index (Phi) is 9.22. The molecular weight excluding hydrogens is 238 g/mol. The predicted molar refractivity (Wildman–Crippen MR) is 85.4 cm³/mol. The van der Waals surface area contributed by atoms with Crippen molar-refractivity contribution in [3.05, 3.63) is 0 Å². The van der Waals surface area contributed by atoms with E-state index in [1.54, 1.807) is 0 Å². The van der Waals surface area contributed by atoms with Crippen LogP contribution in [0.4, 0.5) is 0 Å². The highest BCUT2D eigenvalue weighted by Crippen LogP contribution is 2.38. The van der Waals surface area contributed by atoms with Gasteiger partial charge in [-0.3, -0.25) is 0 Å². The largest absolute Gasteiger partial charge is 0.316 e. The minimum absolute atomic E-state index is 0.955. The summed E-state index contributed by atoms with van der Waals surface area (Å²) in [5, 5.41) is 3.65. The van der Waals surface area contributed by atoms with Gasteiger partial charge < -0.3 is 5.32 Å². The van der Waals surface area contributed by atoms with E-state index < -0.39 is 0 Å². The Labute approximate surface area is 119 Å². The highest BCUT2D eigenvalue weighted by molar-refractivity contribution is 7.98. The molecule has 0 saturated heterocycles. The van der Waals surface area contributed by atoms with Crippen LogP contribution in [0.15, 0.2) is 0 Å². The van der Waals surface area contributed by atoms with Gasteiger partial charge in [0, 0.05) is 0 Å². The summed E-state index contributed by atoms with van der Waals surface area (Å²) in [6.45, 7) is 7.07. The van der Waals surface area contributed by atoms with Crippen molar-refractivity contribution in [2.75, 3.05) is 25.1 Å². The zero-order chi connectivity index (χ0) is 13.2. The second kappa shape index (κ2) is 10.1. The van der Waals surface area contributed by atoms with Gasteiger partial charge in [-0.2, -0.15) is 11.8 Å². The second-order valence-electron chi connectivity index (χ2n) is 5.97. The average Bonchev–Trinajstić information content (AvgIpc) is 2.39. The molecule has 0 aromatic rings. The van der Waals surface area contributed by atoms with Gasteiger partial charge in [-0.05, 0) is 68.5 Å². The molecule has 1 aliphatic carbocycles. The van der Waals surface area contributed by atoms with Gasteiger partial charge in [-0.25, -0.2) is 0 Å². The molecule has 1 rings (SSSR count). The van der Waals surface area contributed by atoms with E-state index >= 15 is 0 Å². The van der Waals surface area contributed by atoms with Gasteiger partial charge >= 0.3 is 0 Å². The van der Waals surface area contributed by atoms with Crippen LogP contribution in [-0.4, -0.2) is 25.1 Å². The van der Waals surface area contributed by atoms with Gasteiger partial charge in [-0.15, -0.1) is 0 Å². The molecule has 0 spiro atoms. The molecule has 3 unspecified atom stereocenters. The van der Waals surface area contributed by atoms with Crippen molar-refractivity contribution in [1.82, 2.24) is 5.32 Å². The van der Waals surface area contributed by atoms with Crippen molar-refractivity contribution >= 4 is 11.8 Å². The van der Waals surface area contributed by atoms with Crippen LogP contribution in [-0.2, 0) is 0 Å². The maximum Gasteiger partial charge on any atom is -0.00179 e. The molecule has 18 heavy (non-hydrogen) atoms. The first-order valence-electron chi connectivity index (χ1n) is 8.01. The summed E-state index contributed by atoms with van der Waals surface area (Å²) in [6.07, 6.45) is 12.3. The topological polar surface area (TPSA) is 12.0 Å². The number of rotatable bonds is 9. The van der Waals surface area contributed by atoms with Crippen molar-refractivity contribution in [2.45, 2.75) is 58.8 Å². The summed E-state index contributed by atoms with van der Waals surface area (Å²) in [5.74, 6) is 4.33. The Balaban J connectivity index is 2.37. The molecule has 108 valence electrons. The van der Waals surface area contributed by atoms with Crippen LogP contribution >= 0.6 is 11.8 Å². The summed E-state index contributed by atoms with van der Waals surface area (Å²) in [5.41, 5.74) is 0. The lowest BCUT2D eigenvalue weighted by molar-refractivity contribution is 0.165. The van der Waals surface area contributed by atoms with E-state index in [4.69, 9.17) is 0 Å². The van der Waals surface area contributed by atoms with Crippen molar-refractivity contribution in [3.63, 3.8) is 0 Å². The first-order chi connectivity index (χ1) is 8.81. The fourth-order valence-corrected chi connectivity index (χ4v) is 3.99. The quantitative estimate of drug-likeness (QED) is 0.616. The Morgan fingerprint density at radius 3 is 2.56 bits per heavy atom. The maximum absolute atomic E-state index is 3.65. The Hall–Kier alpha value is 0.310. The number of thioether (sulfide) groups is 1. The molecule has 2 heteroatoms. The summed E-state index contributed by atoms with van der Waals surface area (Å²) in [4.78, 5) is 0. The van der Waals surface area contributed by atoms with E-state index in [1.165, 1.54) is 63.8 Å². The smallest absolute Gasteiger partial charge is 0.00179 e. The lowest BCUT2D eigenvalue weighted by Crippen LogP contribution is -2.33. The monoisotopic (exact) mass is 271 g/mol. The average molecular weight is 272 g/mol. The fourth-order valence-electron chi connectivity index (χ4n) is 3.45. The van der Waals surface area contributed by atoms with E-state index in [1.807, 2.05) is 11.8 Å². The zero-order valence-electron chi connectivity index (χ0n) is 12.7. The highest BCUT2D eigenvalue weighted by Gasteiger charge is 2.29. The number of hydrogen-bond acceptors (Lipinski definition) is 2. The minimum atomic E-state index is 0.955. The highest BCUT2D eigenvalue weighted by atomic mass is 32.2. The molecular formula is C16H33NS. The third-order valence-electron chi connectivity index (χ3n) is 4.47. The van der Waals surface area contributed by atoms with E-state index in [0.29, 0.717) is 0 Å². The van der Waals surface area contributed by atoms with E-state index in [9.17, 15) is 0 Å². The van der Waals surface area contributed by atoms with Crippen LogP contribution in [0.3, 0.4) is 0 Å². The molecule has 0 heterocycles. The third-order valence-corrected chi connectivity index (χ3v) is 5.12. The maximum atomic E-state index is 3.65. The molecule has 1 saturated carbocycles. The van der Waals surface area contributed by atoms with E-state index in [-0.39, 0.29) is 0 Å². The number of hydrogen-bond donors (Lipinski definition) is 1. The Bertz CT molecular complexity index is 196. The van der Waals surface area contributed by atoms with E-state index in [0.717, 1.165) is 17.8 Å².